The van der Waals surface area contributed by atoms with Gasteiger partial charge in [-0.05, 0) is 93.8 Å². The van der Waals surface area contributed by atoms with Crippen LogP contribution >= 0.6 is 0 Å². The lowest BCUT2D eigenvalue weighted by Gasteiger charge is -2.63. The largest absolute Gasteiger partial charge is 0.394 e. The molecule has 5 aliphatic carbocycles. The SMILES string of the molecule is C=C1C=C[C@@]2(C)C(=C1)[C@@H](F)C[C@H]1[C@@H]3C[C@H]4OC(CCC)O[C@@]4(C(=O)CNC(=O)[C@H](C)CC(=O)[C@@H](NC(=O)[C@@H](CCCCNC(=O)COC4CCCCCc5c4nnn5[C@@H]4O[C@H](CO)[C@H](O)[C@H](O)[C@H]4O)CC(=O)CCOCCOCCOCCOCCN4C(=O)C=CC4O)C(C)C)[C@@]3(C)C[C@H](O)[C@@]12F. The summed E-state index contributed by atoms with van der Waals surface area (Å²) in [4.78, 5) is 97.8. The average molecular weight is 1460 g/mol. The molecule has 0 bridgehead atoms. The molecule has 3 saturated carbocycles. The lowest BCUT2D eigenvalue weighted by atomic mass is 9.44. The highest BCUT2D eigenvalue weighted by atomic mass is 19.1. The average Bonchev–Trinajstić information content (AvgIpc) is 1.56. The second kappa shape index (κ2) is 36.3. The maximum absolute atomic E-state index is 18.2. The maximum Gasteiger partial charge on any atom is 0.248 e. The summed E-state index contributed by atoms with van der Waals surface area (Å²) < 4.78 is 83.3. The minimum Gasteiger partial charge on any atom is -0.394 e. The first kappa shape index (κ1) is 81.4. The molecule has 0 radical (unpaired) electrons. The number of aliphatic hydroxyl groups excluding tert-OH is 6. The van der Waals surface area contributed by atoms with Gasteiger partial charge in [0.2, 0.25) is 23.6 Å². The predicted octanol–water partition coefficient (Wildman–Crippen LogP) is 3.08. The maximum atomic E-state index is 18.2. The van der Waals surface area contributed by atoms with Crippen molar-refractivity contribution in [2.75, 3.05) is 85.7 Å². The summed E-state index contributed by atoms with van der Waals surface area (Å²) in [5, 5.41) is 80.5. The molecular weight excluding hydrogens is 1350 g/mol. The van der Waals surface area contributed by atoms with Crippen molar-refractivity contribution in [2.24, 2.45) is 40.4 Å². The van der Waals surface area contributed by atoms with Gasteiger partial charge in [-0.2, -0.15) is 0 Å². The Morgan fingerprint density at radius 2 is 1.55 bits per heavy atom. The second-order valence-electron chi connectivity index (χ2n) is 29.7. The van der Waals surface area contributed by atoms with Gasteiger partial charge in [0.05, 0.1) is 90.0 Å². The molecule has 30 heteroatoms. The molecule has 4 heterocycles. The Kier molecular flexibility index (Phi) is 28.6. The van der Waals surface area contributed by atoms with Gasteiger partial charge in [-0.15, -0.1) is 5.10 Å². The number of fused-ring (bicyclic) bond motifs is 8. The lowest BCUT2D eigenvalue weighted by Crippen LogP contribution is -2.71. The van der Waals surface area contributed by atoms with Crippen LogP contribution in [0.1, 0.15) is 162 Å². The van der Waals surface area contributed by atoms with E-state index in [1.54, 1.807) is 45.9 Å². The van der Waals surface area contributed by atoms with Crippen molar-refractivity contribution in [1.29, 1.82) is 0 Å². The van der Waals surface area contributed by atoms with Gasteiger partial charge in [-0.1, -0.05) is 90.3 Å². The van der Waals surface area contributed by atoms with Crippen LogP contribution in [0, 0.1) is 40.4 Å². The Balaban J connectivity index is 0.771. The van der Waals surface area contributed by atoms with E-state index < -0.39 is 168 Å². The summed E-state index contributed by atoms with van der Waals surface area (Å²) in [6.45, 7) is 14.9. The Morgan fingerprint density at radius 1 is 0.845 bits per heavy atom. The fourth-order valence-electron chi connectivity index (χ4n) is 16.8. The number of hydrogen-bond donors (Lipinski definition) is 9. The summed E-state index contributed by atoms with van der Waals surface area (Å²) in [7, 11) is 0. The fourth-order valence-corrected chi connectivity index (χ4v) is 16.8. The smallest absolute Gasteiger partial charge is 0.248 e. The number of Topliss-reactive ketones (excluding diaryl/α,β-unsaturated/α-hetero) is 3. The normalized spacial score (nSPS) is 33.2. The van der Waals surface area contributed by atoms with Crippen LogP contribution in [-0.2, 0) is 77.9 Å². The Labute approximate surface area is 600 Å². The minimum atomic E-state index is -2.31. The summed E-state index contributed by atoms with van der Waals surface area (Å²) in [5.41, 5.74) is -5.10. The fraction of sp³-hybridized carbons (Fsp3) is 0.767. The van der Waals surface area contributed by atoms with Crippen molar-refractivity contribution in [3.63, 3.8) is 0 Å². The molecule has 9 rings (SSSR count). The zero-order valence-corrected chi connectivity index (χ0v) is 60.3. The van der Waals surface area contributed by atoms with E-state index in [1.807, 2.05) is 6.92 Å². The topological polar surface area (TPSA) is 385 Å². The third-order valence-corrected chi connectivity index (χ3v) is 22.5. The first-order chi connectivity index (χ1) is 49.1. The van der Waals surface area contributed by atoms with Crippen molar-refractivity contribution >= 4 is 41.0 Å². The van der Waals surface area contributed by atoms with E-state index in [4.69, 9.17) is 37.9 Å². The van der Waals surface area contributed by atoms with Crippen LogP contribution in [0.2, 0.25) is 0 Å². The van der Waals surface area contributed by atoms with Crippen LogP contribution in [0.25, 0.3) is 0 Å². The zero-order chi connectivity index (χ0) is 74.6. The van der Waals surface area contributed by atoms with Crippen molar-refractivity contribution in [1.82, 2.24) is 35.8 Å². The van der Waals surface area contributed by atoms with E-state index in [1.165, 1.54) is 28.7 Å². The summed E-state index contributed by atoms with van der Waals surface area (Å²) >= 11 is 0. The number of hydrogen-bond acceptors (Lipinski definition) is 23. The number of allylic oxidation sites excluding steroid dienone is 5. The van der Waals surface area contributed by atoms with Crippen LogP contribution in [-0.4, -0.2) is 250 Å². The van der Waals surface area contributed by atoms with Gasteiger partial charge in [0, 0.05) is 67.0 Å². The monoisotopic (exact) mass is 1460 g/mol. The van der Waals surface area contributed by atoms with E-state index in [2.05, 4.69) is 32.8 Å². The molecule has 28 nitrogen and oxygen atoms in total. The number of aromatic nitrogens is 3. The minimum absolute atomic E-state index is 0.0331. The quantitative estimate of drug-likeness (QED) is 0.0428. The molecule has 0 spiro atoms. The molecule has 2 saturated heterocycles. The predicted molar refractivity (Wildman–Crippen MR) is 364 cm³/mol. The highest BCUT2D eigenvalue weighted by Crippen LogP contribution is 2.72. The molecule has 5 fully saturated rings. The molecular formula is C73H109F2N7O21. The number of amides is 4. The lowest BCUT2D eigenvalue weighted by molar-refractivity contribution is -0.254. The molecule has 8 aliphatic rings. The highest BCUT2D eigenvalue weighted by molar-refractivity contribution is 5.97. The molecule has 3 aliphatic heterocycles. The van der Waals surface area contributed by atoms with Crippen molar-refractivity contribution in [3.05, 3.63) is 59.5 Å². The summed E-state index contributed by atoms with van der Waals surface area (Å²) in [5.74, 6) is -7.38. The number of nitrogens with zero attached hydrogens (tertiary/aromatic N) is 4. The number of ketones is 3. The van der Waals surface area contributed by atoms with Gasteiger partial charge in [-0.25, -0.2) is 13.5 Å². The number of ether oxygens (including phenoxy) is 8. The summed E-state index contributed by atoms with van der Waals surface area (Å²) in [6, 6.07) is -1.10. The van der Waals surface area contributed by atoms with Crippen molar-refractivity contribution < 1.29 is 111 Å². The van der Waals surface area contributed by atoms with E-state index in [-0.39, 0.29) is 135 Å². The van der Waals surface area contributed by atoms with Crippen LogP contribution in [0.3, 0.4) is 0 Å². The number of rotatable bonds is 39. The first-order valence-corrected chi connectivity index (χ1v) is 36.9. The van der Waals surface area contributed by atoms with Crippen LogP contribution in [0.4, 0.5) is 8.78 Å². The number of unbranched alkanes of at least 4 members (excludes halogenated alkanes) is 1. The van der Waals surface area contributed by atoms with Crippen molar-refractivity contribution in [2.45, 2.75) is 229 Å². The van der Waals surface area contributed by atoms with Crippen LogP contribution in [0.15, 0.2) is 48.1 Å². The molecule has 1 aromatic heterocycles. The number of carbonyl (C=O) groups is 7. The molecule has 4 amide bonds. The number of aliphatic hydroxyl groups is 6. The number of nitrogens with one attached hydrogen (secondary N) is 3. The molecule has 20 atom stereocenters. The Hall–Kier alpha value is -5.71. The van der Waals surface area contributed by atoms with Gasteiger partial charge in [0.1, 0.15) is 61.0 Å². The molecule has 3 unspecified atom stereocenters. The van der Waals surface area contributed by atoms with Gasteiger partial charge in [-0.3, -0.25) is 33.6 Å². The van der Waals surface area contributed by atoms with E-state index >= 15 is 13.6 Å². The zero-order valence-electron chi connectivity index (χ0n) is 60.3. The second-order valence-corrected chi connectivity index (χ2v) is 29.7. The van der Waals surface area contributed by atoms with Crippen LogP contribution in [0.5, 0.6) is 0 Å². The standard InChI is InChI=1S/C73H109F2N7O21/c1-8-14-61-102-57-37-47-48-36-50(74)49-33-43(4)20-22-70(49,6)72(48,75)55(86)38-71(47,7)73(57,103-61)56(87)39-77-67(94)44(5)34-52(85)62(42(2)3)78-68(95)45(35-46(84)21-25-96-27-29-98-31-32-99-30-28-97-26-24-81-59(89)18-19-60(81)90)15-12-13-23-76-58(88)41-100-53-17-11-9-10-16-51-63(53)79-80-82(51)69-66(93)65(92)64(91)54(40-83)101-69/h18-20,22,33,42,44-45,47-48,50,53-55,57,59,61-62,64-66,69,83,86,89,91-93H,4,8-17,21,23-32,34-41H2,1-3,5-7H3,(H,76,88)(H,77,94)(H,78,95)/t44-,45+,47+,48+,50+,53?,54-,55+,57-,59?,61?,62+,64+,65+,66-,69-,70+,71+,72+,73-/m1/s1. The van der Waals surface area contributed by atoms with E-state index in [0.717, 1.165) is 19.3 Å². The van der Waals surface area contributed by atoms with Gasteiger partial charge in [0.25, 0.3) is 0 Å². The number of halogens is 2. The van der Waals surface area contributed by atoms with Gasteiger partial charge < -0.3 is 89.4 Å². The third kappa shape index (κ3) is 18.0. The molecule has 576 valence electrons. The summed E-state index contributed by atoms with van der Waals surface area (Å²) in [6.07, 6.45) is -1.86. The Bertz CT molecular complexity index is 3230. The molecule has 9 N–H and O–H groups in total. The molecule has 103 heavy (non-hydrogen) atoms. The Morgan fingerprint density at radius 3 is 2.23 bits per heavy atom. The van der Waals surface area contributed by atoms with E-state index in [0.29, 0.717) is 55.5 Å². The molecule has 0 aromatic carbocycles. The van der Waals surface area contributed by atoms with Crippen molar-refractivity contribution in [3.8, 4) is 0 Å². The van der Waals surface area contributed by atoms with Gasteiger partial charge in [0.15, 0.2) is 35.4 Å². The first-order valence-electron chi connectivity index (χ1n) is 36.9. The van der Waals surface area contributed by atoms with Gasteiger partial charge >= 0.3 is 0 Å². The number of alkyl halides is 2. The van der Waals surface area contributed by atoms with E-state index in [9.17, 15) is 59.4 Å². The molecule has 1 aromatic rings. The third-order valence-electron chi connectivity index (χ3n) is 22.5. The van der Waals surface area contributed by atoms with Crippen LogP contribution < -0.4 is 16.0 Å². The highest BCUT2D eigenvalue weighted by Gasteiger charge is 2.80. The number of carbonyl (C=O) groups excluding carboxylic acids is 7.